The summed E-state index contributed by atoms with van der Waals surface area (Å²) in [4.78, 5) is 11.2. The van der Waals surface area contributed by atoms with Crippen LogP contribution in [0, 0.1) is 0 Å². The van der Waals surface area contributed by atoms with Crippen molar-refractivity contribution in [2.75, 3.05) is 6.61 Å². The zero-order valence-corrected chi connectivity index (χ0v) is 7.78. The zero-order chi connectivity index (χ0) is 9.68. The van der Waals surface area contributed by atoms with E-state index in [0.717, 1.165) is 0 Å². The largest absolute Gasteiger partial charge is 0.458 e. The summed E-state index contributed by atoms with van der Waals surface area (Å²) in [7, 11) is 0. The fraction of sp³-hybridized carbons (Fsp3) is 0.222. The molecule has 3 nitrogen and oxygen atoms in total. The number of esters is 1. The second-order valence-electron chi connectivity index (χ2n) is 2.45. The number of rotatable bonds is 3. The lowest BCUT2D eigenvalue weighted by atomic mass is 10.2. The lowest BCUT2D eigenvalue weighted by molar-refractivity contribution is 0.0399. The summed E-state index contributed by atoms with van der Waals surface area (Å²) < 4.78 is 4.72. The van der Waals surface area contributed by atoms with Crippen molar-refractivity contribution in [3.8, 4) is 0 Å². The Labute approximate surface area is 81.8 Å². The van der Waals surface area contributed by atoms with E-state index in [1.807, 2.05) is 6.07 Å². The van der Waals surface area contributed by atoms with Gasteiger partial charge in [0.1, 0.15) is 12.0 Å². The maximum Gasteiger partial charge on any atom is 0.338 e. The lowest BCUT2D eigenvalue weighted by Gasteiger charge is -2.05. The molecule has 1 unspecified atom stereocenters. The number of aliphatic hydroxyl groups is 1. The summed E-state index contributed by atoms with van der Waals surface area (Å²) in [5.41, 5.74) is -0.454. The molecule has 0 saturated carbocycles. The van der Waals surface area contributed by atoms with Gasteiger partial charge in [-0.25, -0.2) is 4.79 Å². The van der Waals surface area contributed by atoms with Gasteiger partial charge in [0.15, 0.2) is 0 Å². The molecule has 1 aromatic carbocycles. The van der Waals surface area contributed by atoms with Crippen LogP contribution < -0.4 is 0 Å². The first-order valence-corrected chi connectivity index (χ1v) is 4.30. The van der Waals surface area contributed by atoms with Crippen LogP contribution in [0.4, 0.5) is 0 Å². The highest BCUT2D eigenvalue weighted by molar-refractivity contribution is 7.80. The minimum Gasteiger partial charge on any atom is -0.458 e. The van der Waals surface area contributed by atoms with E-state index in [4.69, 9.17) is 9.84 Å². The van der Waals surface area contributed by atoms with E-state index in [1.165, 1.54) is 0 Å². The van der Waals surface area contributed by atoms with Crippen molar-refractivity contribution >= 4 is 18.6 Å². The summed E-state index contributed by atoms with van der Waals surface area (Å²) in [6.45, 7) is -0.100. The molecule has 0 spiro atoms. The van der Waals surface area contributed by atoms with Gasteiger partial charge < -0.3 is 9.84 Å². The molecular formula is C9H10O3S. The van der Waals surface area contributed by atoms with E-state index in [-0.39, 0.29) is 6.61 Å². The highest BCUT2D eigenvalue weighted by atomic mass is 32.1. The van der Waals surface area contributed by atoms with Gasteiger partial charge in [-0.05, 0) is 12.1 Å². The Bertz CT molecular complexity index is 271. The highest BCUT2D eigenvalue weighted by Gasteiger charge is 2.06. The van der Waals surface area contributed by atoms with Gasteiger partial charge in [-0.3, -0.25) is 0 Å². The quantitative estimate of drug-likeness (QED) is 0.434. The molecule has 0 aromatic heterocycles. The van der Waals surface area contributed by atoms with Crippen molar-refractivity contribution in [3.05, 3.63) is 35.9 Å². The van der Waals surface area contributed by atoms with Crippen LogP contribution in [0.3, 0.4) is 0 Å². The number of benzene rings is 1. The smallest absolute Gasteiger partial charge is 0.338 e. The molecule has 0 aliphatic carbocycles. The zero-order valence-electron chi connectivity index (χ0n) is 6.88. The SMILES string of the molecule is O=C(OCC(O)S)c1ccccc1. The number of thiol groups is 1. The van der Waals surface area contributed by atoms with Crippen LogP contribution in [0.25, 0.3) is 0 Å². The molecule has 0 saturated heterocycles. The van der Waals surface area contributed by atoms with Gasteiger partial charge in [0.25, 0.3) is 0 Å². The van der Waals surface area contributed by atoms with Crippen LogP contribution in [0.5, 0.6) is 0 Å². The molecule has 0 fully saturated rings. The average Bonchev–Trinajstić information content (AvgIpc) is 2.15. The third-order valence-electron chi connectivity index (χ3n) is 1.37. The Morgan fingerprint density at radius 3 is 2.62 bits per heavy atom. The van der Waals surface area contributed by atoms with Crippen LogP contribution in [-0.4, -0.2) is 23.1 Å². The second kappa shape index (κ2) is 4.89. The predicted molar refractivity (Wildman–Crippen MR) is 51.7 cm³/mol. The summed E-state index contributed by atoms with van der Waals surface area (Å²) >= 11 is 3.66. The first-order valence-electron chi connectivity index (χ1n) is 3.78. The van der Waals surface area contributed by atoms with E-state index >= 15 is 0 Å². The fourth-order valence-electron chi connectivity index (χ4n) is 0.808. The van der Waals surface area contributed by atoms with Crippen molar-refractivity contribution < 1.29 is 14.6 Å². The molecule has 0 aliphatic heterocycles. The van der Waals surface area contributed by atoms with Crippen molar-refractivity contribution in [2.24, 2.45) is 0 Å². The standard InChI is InChI=1S/C9H10O3S/c10-8(13)6-12-9(11)7-4-2-1-3-5-7/h1-5,8,10,13H,6H2. The number of ether oxygens (including phenoxy) is 1. The van der Waals surface area contributed by atoms with Gasteiger partial charge in [-0.1, -0.05) is 18.2 Å². The molecule has 0 amide bonds. The number of aliphatic hydroxyl groups excluding tert-OH is 1. The Morgan fingerprint density at radius 1 is 1.46 bits per heavy atom. The summed E-state index contributed by atoms with van der Waals surface area (Å²) in [5, 5.41) is 8.74. The van der Waals surface area contributed by atoms with Crippen LogP contribution in [-0.2, 0) is 4.74 Å². The Balaban J connectivity index is 2.50. The number of carbonyl (C=O) groups excluding carboxylic acids is 1. The van der Waals surface area contributed by atoms with Crippen molar-refractivity contribution in [2.45, 2.75) is 5.44 Å². The van der Waals surface area contributed by atoms with Gasteiger partial charge in [-0.2, -0.15) is 0 Å². The van der Waals surface area contributed by atoms with Crippen LogP contribution in [0.2, 0.25) is 0 Å². The van der Waals surface area contributed by atoms with Gasteiger partial charge in [0, 0.05) is 0 Å². The first kappa shape index (κ1) is 10.1. The average molecular weight is 198 g/mol. The Hall–Kier alpha value is -1.00. The molecule has 0 aliphatic rings. The molecule has 1 rings (SSSR count). The molecular weight excluding hydrogens is 188 g/mol. The number of hydrogen-bond acceptors (Lipinski definition) is 4. The highest BCUT2D eigenvalue weighted by Crippen LogP contribution is 2.01. The molecule has 1 aromatic rings. The van der Waals surface area contributed by atoms with Gasteiger partial charge in [-0.15, -0.1) is 12.6 Å². The monoisotopic (exact) mass is 198 g/mol. The minimum atomic E-state index is -0.923. The van der Waals surface area contributed by atoms with E-state index in [1.54, 1.807) is 24.3 Å². The first-order chi connectivity index (χ1) is 6.20. The topological polar surface area (TPSA) is 46.5 Å². The molecule has 70 valence electrons. The maximum atomic E-state index is 11.2. The lowest BCUT2D eigenvalue weighted by Crippen LogP contribution is -2.13. The molecule has 1 atom stereocenters. The summed E-state index contributed by atoms with van der Waals surface area (Å²) in [6.07, 6.45) is 0. The van der Waals surface area contributed by atoms with Crippen LogP contribution in [0.1, 0.15) is 10.4 Å². The molecule has 13 heavy (non-hydrogen) atoms. The van der Waals surface area contributed by atoms with Crippen molar-refractivity contribution in [1.29, 1.82) is 0 Å². The fourth-order valence-corrected chi connectivity index (χ4v) is 0.882. The molecule has 1 N–H and O–H groups in total. The van der Waals surface area contributed by atoms with Crippen molar-refractivity contribution in [3.63, 3.8) is 0 Å². The third kappa shape index (κ3) is 3.48. The van der Waals surface area contributed by atoms with E-state index in [0.29, 0.717) is 5.56 Å². The van der Waals surface area contributed by atoms with E-state index < -0.39 is 11.4 Å². The molecule has 0 radical (unpaired) electrons. The number of carbonyl (C=O) groups is 1. The van der Waals surface area contributed by atoms with E-state index in [9.17, 15) is 4.79 Å². The number of hydrogen-bond donors (Lipinski definition) is 2. The second-order valence-corrected chi connectivity index (χ2v) is 3.04. The van der Waals surface area contributed by atoms with Crippen LogP contribution in [0.15, 0.2) is 30.3 Å². The van der Waals surface area contributed by atoms with Gasteiger partial charge >= 0.3 is 5.97 Å². The summed E-state index contributed by atoms with van der Waals surface area (Å²) in [5.74, 6) is -0.450. The maximum absolute atomic E-state index is 11.2. The molecule has 0 bridgehead atoms. The van der Waals surface area contributed by atoms with Gasteiger partial charge in [0.2, 0.25) is 0 Å². The molecule has 0 heterocycles. The third-order valence-corrected chi connectivity index (χ3v) is 1.52. The van der Waals surface area contributed by atoms with Crippen molar-refractivity contribution in [1.82, 2.24) is 0 Å². The summed E-state index contributed by atoms with van der Waals surface area (Å²) in [6, 6.07) is 8.59. The Kier molecular flexibility index (Phi) is 3.79. The van der Waals surface area contributed by atoms with Crippen LogP contribution >= 0.6 is 12.6 Å². The van der Waals surface area contributed by atoms with Gasteiger partial charge in [0.05, 0.1) is 5.56 Å². The predicted octanol–water partition coefficient (Wildman–Crippen LogP) is 1.09. The van der Waals surface area contributed by atoms with E-state index in [2.05, 4.69) is 12.6 Å². The molecule has 4 heteroatoms. The minimum absolute atomic E-state index is 0.100. The normalized spacial score (nSPS) is 12.2. The Morgan fingerprint density at radius 2 is 2.08 bits per heavy atom.